The van der Waals surface area contributed by atoms with Crippen molar-refractivity contribution in [1.29, 1.82) is 0 Å². The van der Waals surface area contributed by atoms with Gasteiger partial charge in [0.05, 0.1) is 9.32 Å². The number of aryl methyl sites for hydroxylation is 1. The Morgan fingerprint density at radius 1 is 1.26 bits per heavy atom. The molecule has 0 radical (unpaired) electrons. The van der Waals surface area contributed by atoms with Gasteiger partial charge in [-0.15, -0.1) is 0 Å². The zero-order chi connectivity index (χ0) is 14.6. The van der Waals surface area contributed by atoms with Gasteiger partial charge in [-0.3, -0.25) is 13.9 Å². The SMILES string of the molecule is CCCn1cc(I)c(=O)n(CCCS(C)(=O)=O)c1=O. The van der Waals surface area contributed by atoms with Crippen LogP contribution in [0, 0.1) is 3.57 Å². The van der Waals surface area contributed by atoms with Crippen molar-refractivity contribution in [3.05, 3.63) is 30.6 Å². The lowest BCUT2D eigenvalue weighted by atomic mass is 10.4. The Morgan fingerprint density at radius 3 is 2.42 bits per heavy atom. The molecule has 0 amide bonds. The van der Waals surface area contributed by atoms with E-state index in [0.29, 0.717) is 10.1 Å². The van der Waals surface area contributed by atoms with Gasteiger partial charge in [-0.2, -0.15) is 0 Å². The summed E-state index contributed by atoms with van der Waals surface area (Å²) in [6.07, 6.45) is 3.74. The Morgan fingerprint density at radius 2 is 1.89 bits per heavy atom. The summed E-state index contributed by atoms with van der Waals surface area (Å²) in [4.78, 5) is 24.0. The summed E-state index contributed by atoms with van der Waals surface area (Å²) >= 11 is 1.89. The van der Waals surface area contributed by atoms with E-state index in [0.717, 1.165) is 17.2 Å². The third-order valence-electron chi connectivity index (χ3n) is 2.56. The van der Waals surface area contributed by atoms with Crippen molar-refractivity contribution in [2.75, 3.05) is 12.0 Å². The molecule has 0 spiro atoms. The van der Waals surface area contributed by atoms with Crippen molar-refractivity contribution in [1.82, 2.24) is 9.13 Å². The zero-order valence-corrected chi connectivity index (χ0v) is 13.9. The van der Waals surface area contributed by atoms with Crippen LogP contribution in [0.15, 0.2) is 15.8 Å². The molecular formula is C11H17IN2O4S. The molecule has 8 heteroatoms. The van der Waals surface area contributed by atoms with Gasteiger partial charge in [-0.05, 0) is 35.4 Å². The molecule has 1 heterocycles. The number of rotatable bonds is 6. The predicted octanol–water partition coefficient (Wildman–Crippen LogP) is 0.459. The van der Waals surface area contributed by atoms with Gasteiger partial charge < -0.3 is 0 Å². The standard InChI is InChI=1S/C11H17IN2O4S/c1-3-5-13-8-9(12)10(15)14(11(13)16)6-4-7-19(2,17)18/h8H,3-7H2,1-2H3. The van der Waals surface area contributed by atoms with Crippen LogP contribution >= 0.6 is 22.6 Å². The molecule has 1 aromatic heterocycles. The van der Waals surface area contributed by atoms with Crippen LogP contribution in [0.25, 0.3) is 0 Å². The van der Waals surface area contributed by atoms with Crippen LogP contribution < -0.4 is 11.2 Å². The molecule has 0 aliphatic heterocycles. The number of hydrogen-bond acceptors (Lipinski definition) is 4. The molecule has 19 heavy (non-hydrogen) atoms. The summed E-state index contributed by atoms with van der Waals surface area (Å²) in [7, 11) is -3.08. The van der Waals surface area contributed by atoms with Gasteiger partial charge in [-0.25, -0.2) is 13.2 Å². The summed E-state index contributed by atoms with van der Waals surface area (Å²) < 4.78 is 25.2. The first-order chi connectivity index (χ1) is 8.76. The highest BCUT2D eigenvalue weighted by Gasteiger charge is 2.10. The molecule has 0 atom stereocenters. The third kappa shape index (κ3) is 4.75. The van der Waals surface area contributed by atoms with Crippen LogP contribution in [-0.4, -0.2) is 29.6 Å². The minimum atomic E-state index is -3.08. The number of halogens is 1. The lowest BCUT2D eigenvalue weighted by Crippen LogP contribution is -2.41. The monoisotopic (exact) mass is 400 g/mol. The quantitative estimate of drug-likeness (QED) is 0.651. The van der Waals surface area contributed by atoms with E-state index >= 15 is 0 Å². The van der Waals surface area contributed by atoms with Crippen molar-refractivity contribution in [3.63, 3.8) is 0 Å². The van der Waals surface area contributed by atoms with Gasteiger partial charge in [0.1, 0.15) is 9.84 Å². The van der Waals surface area contributed by atoms with Crippen LogP contribution in [0.4, 0.5) is 0 Å². The fourth-order valence-corrected chi connectivity index (χ4v) is 2.98. The molecule has 1 rings (SSSR count). The average Bonchev–Trinajstić information content (AvgIpc) is 2.29. The second-order valence-corrected chi connectivity index (χ2v) is 7.82. The number of hydrogen-bond donors (Lipinski definition) is 0. The molecule has 0 aliphatic carbocycles. The molecule has 108 valence electrons. The van der Waals surface area contributed by atoms with Crippen molar-refractivity contribution in [2.45, 2.75) is 32.9 Å². The second-order valence-electron chi connectivity index (χ2n) is 4.39. The van der Waals surface area contributed by atoms with Crippen LogP contribution in [0.5, 0.6) is 0 Å². The van der Waals surface area contributed by atoms with Gasteiger partial charge in [0.15, 0.2) is 0 Å². The minimum Gasteiger partial charge on any atom is -0.299 e. The fraction of sp³-hybridized carbons (Fsp3) is 0.636. The molecular weight excluding hydrogens is 383 g/mol. The van der Waals surface area contributed by atoms with Crippen LogP contribution in [0.2, 0.25) is 0 Å². The fourth-order valence-electron chi connectivity index (χ4n) is 1.70. The van der Waals surface area contributed by atoms with E-state index in [1.165, 1.54) is 4.57 Å². The Kier molecular flexibility index (Phi) is 5.78. The van der Waals surface area contributed by atoms with E-state index in [4.69, 9.17) is 0 Å². The molecule has 0 N–H and O–H groups in total. The third-order valence-corrected chi connectivity index (χ3v) is 4.33. The summed E-state index contributed by atoms with van der Waals surface area (Å²) in [5.41, 5.74) is -0.729. The van der Waals surface area contributed by atoms with Gasteiger partial charge in [-0.1, -0.05) is 6.92 Å². The van der Waals surface area contributed by atoms with Crippen molar-refractivity contribution in [2.24, 2.45) is 0 Å². The molecule has 6 nitrogen and oxygen atoms in total. The molecule has 0 unspecified atom stereocenters. The van der Waals surface area contributed by atoms with Gasteiger partial charge in [0.25, 0.3) is 5.56 Å². The molecule has 1 aromatic rings. The summed E-state index contributed by atoms with van der Waals surface area (Å²) in [5.74, 6) is -0.0296. The molecule has 0 saturated heterocycles. The van der Waals surface area contributed by atoms with Crippen LogP contribution in [-0.2, 0) is 22.9 Å². The van der Waals surface area contributed by atoms with E-state index < -0.39 is 9.84 Å². The molecule has 0 aromatic carbocycles. The lowest BCUT2D eigenvalue weighted by Gasteiger charge is -2.10. The Balaban J connectivity index is 3.06. The van der Waals surface area contributed by atoms with Crippen molar-refractivity contribution < 1.29 is 8.42 Å². The van der Waals surface area contributed by atoms with Crippen molar-refractivity contribution >= 4 is 32.4 Å². The lowest BCUT2D eigenvalue weighted by molar-refractivity contribution is 0.533. The highest BCUT2D eigenvalue weighted by Crippen LogP contribution is 1.97. The average molecular weight is 400 g/mol. The van der Waals surface area contributed by atoms with Gasteiger partial charge in [0, 0.05) is 25.5 Å². The Bertz CT molecular complexity index is 660. The molecule has 0 aliphatic rings. The minimum absolute atomic E-state index is 0.0296. The van der Waals surface area contributed by atoms with E-state index in [9.17, 15) is 18.0 Å². The van der Waals surface area contributed by atoms with E-state index in [1.807, 2.05) is 29.5 Å². The normalized spacial score (nSPS) is 11.7. The maximum Gasteiger partial charge on any atom is 0.331 e. The van der Waals surface area contributed by atoms with E-state index in [2.05, 4.69) is 0 Å². The predicted molar refractivity (Wildman–Crippen MR) is 82.3 cm³/mol. The number of nitrogens with zero attached hydrogens (tertiary/aromatic N) is 2. The van der Waals surface area contributed by atoms with E-state index in [1.54, 1.807) is 6.20 Å². The topological polar surface area (TPSA) is 78.1 Å². The smallest absolute Gasteiger partial charge is 0.299 e. The maximum absolute atomic E-state index is 12.1. The highest BCUT2D eigenvalue weighted by atomic mass is 127. The van der Waals surface area contributed by atoms with Crippen molar-refractivity contribution in [3.8, 4) is 0 Å². The summed E-state index contributed by atoms with van der Waals surface area (Å²) in [5, 5.41) is 0. The molecule has 0 fully saturated rings. The van der Waals surface area contributed by atoms with Gasteiger partial charge in [0.2, 0.25) is 0 Å². The summed E-state index contributed by atoms with van der Waals surface area (Å²) in [6, 6.07) is 0. The van der Waals surface area contributed by atoms with E-state index in [-0.39, 0.29) is 30.0 Å². The highest BCUT2D eigenvalue weighted by molar-refractivity contribution is 14.1. The van der Waals surface area contributed by atoms with Gasteiger partial charge >= 0.3 is 5.69 Å². The second kappa shape index (κ2) is 6.69. The summed E-state index contributed by atoms with van der Waals surface area (Å²) in [6.45, 7) is 2.62. The van der Waals surface area contributed by atoms with Crippen LogP contribution in [0.1, 0.15) is 19.8 Å². The maximum atomic E-state index is 12.1. The number of sulfone groups is 1. The Hall–Kier alpha value is -0.640. The van der Waals surface area contributed by atoms with Crippen LogP contribution in [0.3, 0.4) is 0 Å². The number of aromatic nitrogens is 2. The molecule has 0 bridgehead atoms. The molecule has 0 saturated carbocycles. The first kappa shape index (κ1) is 16.4. The first-order valence-corrected chi connectivity index (χ1v) is 9.07. The largest absolute Gasteiger partial charge is 0.331 e. The first-order valence-electron chi connectivity index (χ1n) is 5.93. The zero-order valence-electron chi connectivity index (χ0n) is 10.9. The Labute approximate surface area is 125 Å².